The molecule has 1 N–H and O–H groups in total. The molecule has 0 heterocycles. The Balaban J connectivity index is 5.62. The fraction of sp³-hybridized carbons (Fsp3) is 0.842. The van der Waals surface area contributed by atoms with Crippen molar-refractivity contribution < 1.29 is 29.0 Å². The molecule has 0 aliphatic carbocycles. The van der Waals surface area contributed by atoms with E-state index in [9.17, 15) is 19.5 Å². The van der Waals surface area contributed by atoms with Gasteiger partial charge in [0.05, 0.1) is 0 Å². The van der Waals surface area contributed by atoms with Crippen molar-refractivity contribution in [2.24, 2.45) is 0 Å². The molecule has 0 bridgehead atoms. The molecule has 0 aliphatic rings. The molecule has 2 atom stereocenters. The van der Waals surface area contributed by atoms with Crippen LogP contribution < -0.4 is 0 Å². The second-order valence-electron chi connectivity index (χ2n) is 8.91. The highest BCUT2D eigenvalue weighted by Gasteiger charge is 2.41. The number of nitrogens with zero attached hydrogens (tertiary/aromatic N) is 1. The number of aliphatic hydroxyl groups excluding tert-OH is 1. The fourth-order valence-electron chi connectivity index (χ4n) is 2.27. The van der Waals surface area contributed by atoms with E-state index in [0.29, 0.717) is 11.8 Å². The van der Waals surface area contributed by atoms with Crippen LogP contribution in [0.1, 0.15) is 69.2 Å². The Hall–Kier alpha value is -1.28. The highest BCUT2D eigenvalue weighted by Crippen LogP contribution is 2.26. The summed E-state index contributed by atoms with van der Waals surface area (Å²) < 4.78 is 10.5. The SMILES string of the molecule is CC(C)N(C(=O)S[C@@H](C(=O)OC(C)(C)C)[C@@H](O)C(=O)OC(C)(C)C)C(C)C. The summed E-state index contributed by atoms with van der Waals surface area (Å²) >= 11 is 0.582. The van der Waals surface area contributed by atoms with E-state index in [4.69, 9.17) is 9.47 Å². The molecule has 0 unspecified atom stereocenters. The second-order valence-corrected chi connectivity index (χ2v) is 10.0. The average Bonchev–Trinajstić information content (AvgIpc) is 2.39. The molecular formula is C19H35NO6S. The molecule has 0 aromatic carbocycles. The molecule has 8 heteroatoms. The zero-order valence-corrected chi connectivity index (χ0v) is 19.0. The van der Waals surface area contributed by atoms with Gasteiger partial charge in [-0.2, -0.15) is 0 Å². The Kier molecular flexibility index (Phi) is 9.31. The van der Waals surface area contributed by atoms with Crippen LogP contribution in [0.5, 0.6) is 0 Å². The lowest BCUT2D eigenvalue weighted by molar-refractivity contribution is -0.171. The number of rotatable bonds is 6. The Bertz CT molecular complexity index is 525. The quantitative estimate of drug-likeness (QED) is 0.677. The van der Waals surface area contributed by atoms with Crippen molar-refractivity contribution >= 4 is 28.9 Å². The lowest BCUT2D eigenvalue weighted by atomic mass is 10.1. The van der Waals surface area contributed by atoms with Gasteiger partial charge in [0.1, 0.15) is 16.5 Å². The number of carbonyl (C=O) groups excluding carboxylic acids is 3. The number of ether oxygens (including phenoxy) is 2. The van der Waals surface area contributed by atoms with E-state index in [2.05, 4.69) is 0 Å². The maximum absolute atomic E-state index is 12.7. The summed E-state index contributed by atoms with van der Waals surface area (Å²) in [5, 5.41) is 8.61. The van der Waals surface area contributed by atoms with Gasteiger partial charge in [-0.05, 0) is 81.0 Å². The van der Waals surface area contributed by atoms with Gasteiger partial charge < -0.3 is 19.5 Å². The molecule has 0 saturated carbocycles. The molecule has 0 aromatic heterocycles. The van der Waals surface area contributed by atoms with Crippen molar-refractivity contribution in [1.29, 1.82) is 0 Å². The van der Waals surface area contributed by atoms with Crippen molar-refractivity contribution in [3.8, 4) is 0 Å². The minimum absolute atomic E-state index is 0.108. The minimum atomic E-state index is -1.82. The number of aliphatic hydroxyl groups is 1. The number of esters is 2. The Morgan fingerprint density at radius 3 is 1.52 bits per heavy atom. The normalized spacial score (nSPS) is 14.7. The topological polar surface area (TPSA) is 93.1 Å². The average molecular weight is 406 g/mol. The highest BCUT2D eigenvalue weighted by atomic mass is 32.2. The summed E-state index contributed by atoms with van der Waals surface area (Å²) in [7, 11) is 0. The van der Waals surface area contributed by atoms with E-state index in [1.54, 1.807) is 46.4 Å². The van der Waals surface area contributed by atoms with E-state index in [0.717, 1.165) is 0 Å². The zero-order chi connectivity index (χ0) is 21.7. The van der Waals surface area contributed by atoms with Crippen LogP contribution in [-0.4, -0.2) is 61.8 Å². The lowest BCUT2D eigenvalue weighted by Crippen LogP contribution is -2.47. The molecule has 0 radical (unpaired) electrons. The van der Waals surface area contributed by atoms with Crippen LogP contribution in [0.2, 0.25) is 0 Å². The molecule has 0 rings (SSSR count). The van der Waals surface area contributed by atoms with E-state index in [1.807, 2.05) is 27.7 Å². The summed E-state index contributed by atoms with van der Waals surface area (Å²) in [5.41, 5.74) is -1.67. The Morgan fingerprint density at radius 1 is 0.815 bits per heavy atom. The summed E-state index contributed by atoms with van der Waals surface area (Å²) in [6.07, 6.45) is -1.82. The number of hydrogen-bond donors (Lipinski definition) is 1. The van der Waals surface area contributed by atoms with Crippen LogP contribution in [0.15, 0.2) is 0 Å². The van der Waals surface area contributed by atoms with Crippen LogP contribution >= 0.6 is 11.8 Å². The summed E-state index contributed by atoms with van der Waals surface area (Å²) in [4.78, 5) is 39.2. The van der Waals surface area contributed by atoms with Crippen molar-refractivity contribution in [3.63, 3.8) is 0 Å². The molecule has 0 fully saturated rings. The first-order chi connectivity index (χ1) is 12.0. The number of thioether (sulfide) groups is 1. The first-order valence-electron chi connectivity index (χ1n) is 9.09. The van der Waals surface area contributed by atoms with Crippen LogP contribution in [0.3, 0.4) is 0 Å². The molecular weight excluding hydrogens is 370 g/mol. The third-order valence-corrected chi connectivity index (χ3v) is 4.24. The molecule has 0 aromatic rings. The van der Waals surface area contributed by atoms with Crippen LogP contribution in [-0.2, 0) is 19.1 Å². The van der Waals surface area contributed by atoms with Gasteiger partial charge in [0.15, 0.2) is 6.10 Å². The van der Waals surface area contributed by atoms with Gasteiger partial charge in [-0.1, -0.05) is 0 Å². The van der Waals surface area contributed by atoms with Crippen LogP contribution in [0.4, 0.5) is 4.79 Å². The molecule has 0 aliphatic heterocycles. The lowest BCUT2D eigenvalue weighted by Gasteiger charge is -2.32. The van der Waals surface area contributed by atoms with Gasteiger partial charge in [0, 0.05) is 12.1 Å². The van der Waals surface area contributed by atoms with E-state index in [-0.39, 0.29) is 12.1 Å². The van der Waals surface area contributed by atoms with Crippen LogP contribution in [0, 0.1) is 0 Å². The first kappa shape index (κ1) is 25.7. The van der Waals surface area contributed by atoms with Gasteiger partial charge in [0.2, 0.25) is 0 Å². The molecule has 7 nitrogen and oxygen atoms in total. The van der Waals surface area contributed by atoms with Crippen molar-refractivity contribution in [1.82, 2.24) is 4.90 Å². The maximum Gasteiger partial charge on any atom is 0.337 e. The molecule has 27 heavy (non-hydrogen) atoms. The molecule has 0 saturated heterocycles. The molecule has 0 spiro atoms. The number of hydrogen-bond acceptors (Lipinski definition) is 7. The first-order valence-corrected chi connectivity index (χ1v) is 9.97. The third-order valence-electron chi connectivity index (χ3n) is 3.13. The second kappa shape index (κ2) is 9.78. The Morgan fingerprint density at radius 2 is 1.19 bits per heavy atom. The predicted octanol–water partition coefficient (Wildman–Crippen LogP) is 3.37. The summed E-state index contributed by atoms with van der Waals surface area (Å²) in [6, 6.07) is -0.217. The van der Waals surface area contributed by atoms with Crippen LogP contribution in [0.25, 0.3) is 0 Å². The smallest absolute Gasteiger partial charge is 0.337 e. The highest BCUT2D eigenvalue weighted by molar-refractivity contribution is 8.14. The van der Waals surface area contributed by atoms with Gasteiger partial charge in [0.25, 0.3) is 5.24 Å². The van der Waals surface area contributed by atoms with E-state index in [1.165, 1.54) is 0 Å². The van der Waals surface area contributed by atoms with Gasteiger partial charge in [-0.15, -0.1) is 0 Å². The van der Waals surface area contributed by atoms with Crippen molar-refractivity contribution in [2.45, 2.75) is 104 Å². The number of amides is 1. The van der Waals surface area contributed by atoms with Gasteiger partial charge >= 0.3 is 11.9 Å². The maximum atomic E-state index is 12.7. The standard InChI is InChI=1S/C19H35NO6S/c1-11(2)20(12(3)4)17(24)27-14(16(23)26-19(8,9)10)13(21)15(22)25-18(5,6)7/h11-14,21H,1-10H3/t13-,14-/m1/s1. The summed E-state index contributed by atoms with van der Waals surface area (Å²) in [6.45, 7) is 17.4. The van der Waals surface area contributed by atoms with E-state index >= 15 is 0 Å². The predicted molar refractivity (Wildman–Crippen MR) is 107 cm³/mol. The fourth-order valence-corrected chi connectivity index (χ4v) is 3.42. The molecule has 158 valence electrons. The molecule has 1 amide bonds. The largest absolute Gasteiger partial charge is 0.459 e. The zero-order valence-electron chi connectivity index (χ0n) is 18.2. The van der Waals surface area contributed by atoms with Crippen molar-refractivity contribution in [3.05, 3.63) is 0 Å². The third kappa shape index (κ3) is 9.46. The number of carbonyl (C=O) groups is 3. The van der Waals surface area contributed by atoms with E-state index < -0.39 is 39.7 Å². The Labute approximate surface area is 167 Å². The monoisotopic (exact) mass is 405 g/mol. The van der Waals surface area contributed by atoms with Gasteiger partial charge in [-0.25, -0.2) is 4.79 Å². The minimum Gasteiger partial charge on any atom is -0.459 e. The van der Waals surface area contributed by atoms with Crippen molar-refractivity contribution in [2.75, 3.05) is 0 Å². The summed E-state index contributed by atoms with van der Waals surface area (Å²) in [5.74, 6) is -1.81. The van der Waals surface area contributed by atoms with Gasteiger partial charge in [-0.3, -0.25) is 9.59 Å².